The van der Waals surface area contributed by atoms with Crippen molar-refractivity contribution in [3.63, 3.8) is 0 Å². The highest BCUT2D eigenvalue weighted by Gasteiger charge is 1.99. The molecule has 12 heavy (non-hydrogen) atoms. The average Bonchev–Trinajstić information content (AvgIpc) is 2.05. The molecule has 0 aromatic carbocycles. The molecule has 0 spiro atoms. The zero-order valence-electron chi connectivity index (χ0n) is 7.76. The number of hydrogen-bond acceptors (Lipinski definition) is 4. The second kappa shape index (κ2) is 8.87. The minimum Gasteiger partial charge on any atom is -0.465 e. The van der Waals surface area contributed by atoms with Crippen molar-refractivity contribution < 1.29 is 9.53 Å². The van der Waals surface area contributed by atoms with Crippen molar-refractivity contribution in [3.05, 3.63) is 0 Å². The van der Waals surface area contributed by atoms with Gasteiger partial charge in [0.2, 0.25) is 0 Å². The number of hydrogen-bond donors (Lipinski definition) is 1. The molecule has 0 saturated carbocycles. The van der Waals surface area contributed by atoms with E-state index in [0.29, 0.717) is 12.4 Å². The maximum absolute atomic E-state index is 10.8. The molecule has 0 aromatic rings. The Morgan fingerprint density at radius 1 is 1.50 bits per heavy atom. The van der Waals surface area contributed by atoms with E-state index < -0.39 is 0 Å². The molecule has 72 valence electrons. The van der Waals surface area contributed by atoms with Crippen LogP contribution in [0.3, 0.4) is 0 Å². The van der Waals surface area contributed by atoms with Crippen molar-refractivity contribution in [2.45, 2.75) is 20.3 Å². The second-order valence-corrected chi connectivity index (χ2v) is 3.28. The molecule has 0 aliphatic heterocycles. The Morgan fingerprint density at radius 2 is 2.25 bits per heavy atom. The van der Waals surface area contributed by atoms with Crippen LogP contribution in [0.25, 0.3) is 0 Å². The van der Waals surface area contributed by atoms with Gasteiger partial charge in [-0.05, 0) is 19.9 Å². The number of carbonyl (C=O) groups excluding carboxylic acids is 1. The van der Waals surface area contributed by atoms with Crippen molar-refractivity contribution in [1.82, 2.24) is 5.32 Å². The predicted octanol–water partition coefficient (Wildman–Crippen LogP) is 1.24. The summed E-state index contributed by atoms with van der Waals surface area (Å²) in [6.45, 7) is 5.42. The van der Waals surface area contributed by atoms with Crippen LogP contribution in [-0.4, -0.2) is 30.8 Å². The summed E-state index contributed by atoms with van der Waals surface area (Å²) < 4.78 is 4.76. The monoisotopic (exact) mass is 191 g/mol. The minimum absolute atomic E-state index is 0.124. The quantitative estimate of drug-likeness (QED) is 0.373. The Balaban J connectivity index is 3.03. The molecule has 0 atom stereocenters. The fourth-order valence-electron chi connectivity index (χ4n) is 0.658. The highest BCUT2D eigenvalue weighted by atomic mass is 32.2. The van der Waals surface area contributed by atoms with Gasteiger partial charge >= 0.3 is 5.97 Å². The van der Waals surface area contributed by atoms with Crippen LogP contribution in [0.2, 0.25) is 0 Å². The van der Waals surface area contributed by atoms with Gasteiger partial charge in [0.25, 0.3) is 0 Å². The summed E-state index contributed by atoms with van der Waals surface area (Å²) >= 11 is 1.56. The van der Waals surface area contributed by atoms with Gasteiger partial charge in [-0.15, -0.1) is 11.8 Å². The molecule has 0 aliphatic carbocycles. The average molecular weight is 191 g/mol. The molecule has 0 amide bonds. The number of rotatable bonds is 7. The van der Waals surface area contributed by atoms with E-state index in [0.717, 1.165) is 18.8 Å². The summed E-state index contributed by atoms with van der Waals surface area (Å²) in [7, 11) is 0. The first-order valence-corrected chi connectivity index (χ1v) is 5.40. The number of thioether (sulfide) groups is 1. The molecule has 0 saturated heterocycles. The number of esters is 1. The van der Waals surface area contributed by atoms with E-state index in [1.807, 2.05) is 6.92 Å². The molecular weight excluding hydrogens is 174 g/mol. The fourth-order valence-corrected chi connectivity index (χ4v) is 1.30. The van der Waals surface area contributed by atoms with E-state index in [-0.39, 0.29) is 5.97 Å². The second-order valence-electron chi connectivity index (χ2n) is 2.30. The van der Waals surface area contributed by atoms with E-state index in [9.17, 15) is 4.79 Å². The van der Waals surface area contributed by atoms with Gasteiger partial charge < -0.3 is 10.1 Å². The zero-order valence-corrected chi connectivity index (χ0v) is 8.58. The summed E-state index contributed by atoms with van der Waals surface area (Å²) in [5.74, 6) is 1.15. The summed E-state index contributed by atoms with van der Waals surface area (Å²) in [6, 6.07) is 0. The third kappa shape index (κ3) is 7.88. The topological polar surface area (TPSA) is 38.3 Å². The van der Waals surface area contributed by atoms with Gasteiger partial charge in [0.15, 0.2) is 0 Å². The lowest BCUT2D eigenvalue weighted by Crippen LogP contribution is -2.16. The molecule has 1 N–H and O–H groups in total. The Morgan fingerprint density at radius 3 is 2.83 bits per heavy atom. The van der Waals surface area contributed by atoms with Crippen molar-refractivity contribution in [2.24, 2.45) is 0 Å². The van der Waals surface area contributed by atoms with Crippen LogP contribution < -0.4 is 5.32 Å². The summed E-state index contributed by atoms with van der Waals surface area (Å²) in [5, 5.41) is 3.19. The van der Waals surface area contributed by atoms with Crippen LogP contribution in [0.15, 0.2) is 0 Å². The first-order chi connectivity index (χ1) is 5.81. The van der Waals surface area contributed by atoms with Crippen LogP contribution in [-0.2, 0) is 9.53 Å². The first-order valence-electron chi connectivity index (χ1n) is 4.25. The van der Waals surface area contributed by atoms with Gasteiger partial charge in [0.05, 0.1) is 12.4 Å². The Labute approximate surface area is 78.2 Å². The lowest BCUT2D eigenvalue weighted by Gasteiger charge is -2.02. The molecular formula is C8H17NO2S. The maximum Gasteiger partial charge on any atom is 0.315 e. The van der Waals surface area contributed by atoms with E-state index in [1.165, 1.54) is 0 Å². The lowest BCUT2D eigenvalue weighted by atomic mass is 10.5. The molecule has 0 aliphatic rings. The predicted molar refractivity (Wildman–Crippen MR) is 52.3 cm³/mol. The standard InChI is InChI=1S/C8H17NO2S/c1-3-5-9-7-12-6-8(10)11-4-2/h9H,3-7H2,1-2H3. The van der Waals surface area contributed by atoms with Crippen molar-refractivity contribution in [1.29, 1.82) is 0 Å². The van der Waals surface area contributed by atoms with Crippen LogP contribution in [0.5, 0.6) is 0 Å². The van der Waals surface area contributed by atoms with Crippen LogP contribution in [0, 0.1) is 0 Å². The molecule has 4 heteroatoms. The molecule has 0 unspecified atom stereocenters. The fraction of sp³-hybridized carbons (Fsp3) is 0.875. The maximum atomic E-state index is 10.8. The minimum atomic E-state index is -0.124. The highest BCUT2D eigenvalue weighted by molar-refractivity contribution is 7.99. The molecule has 3 nitrogen and oxygen atoms in total. The van der Waals surface area contributed by atoms with Crippen molar-refractivity contribution in [2.75, 3.05) is 24.8 Å². The summed E-state index contributed by atoms with van der Waals surface area (Å²) in [6.07, 6.45) is 1.12. The third-order valence-electron chi connectivity index (χ3n) is 1.16. The van der Waals surface area contributed by atoms with Crippen LogP contribution >= 0.6 is 11.8 Å². The van der Waals surface area contributed by atoms with Gasteiger partial charge in [0, 0.05) is 5.88 Å². The largest absolute Gasteiger partial charge is 0.465 e. The van der Waals surface area contributed by atoms with Gasteiger partial charge in [-0.25, -0.2) is 0 Å². The van der Waals surface area contributed by atoms with Gasteiger partial charge in [0.1, 0.15) is 0 Å². The molecule has 0 bridgehead atoms. The SMILES string of the molecule is CCCNCSCC(=O)OCC. The van der Waals surface area contributed by atoms with Crippen LogP contribution in [0.4, 0.5) is 0 Å². The molecule has 0 rings (SSSR count). The smallest absolute Gasteiger partial charge is 0.315 e. The Kier molecular flexibility index (Phi) is 8.71. The summed E-state index contributed by atoms with van der Waals surface area (Å²) in [4.78, 5) is 10.8. The molecule has 0 fully saturated rings. The lowest BCUT2D eigenvalue weighted by molar-refractivity contribution is -0.139. The zero-order chi connectivity index (χ0) is 9.23. The van der Waals surface area contributed by atoms with Gasteiger partial charge in [-0.2, -0.15) is 0 Å². The van der Waals surface area contributed by atoms with Gasteiger partial charge in [-0.3, -0.25) is 4.79 Å². The van der Waals surface area contributed by atoms with E-state index in [4.69, 9.17) is 4.74 Å². The molecule has 0 radical (unpaired) electrons. The van der Waals surface area contributed by atoms with Crippen LogP contribution in [0.1, 0.15) is 20.3 Å². The molecule has 0 aromatic heterocycles. The number of ether oxygens (including phenoxy) is 1. The normalized spacial score (nSPS) is 9.83. The molecule has 0 heterocycles. The Bertz CT molecular complexity index is 120. The first kappa shape index (κ1) is 11.8. The van der Waals surface area contributed by atoms with Crippen molar-refractivity contribution >= 4 is 17.7 Å². The van der Waals surface area contributed by atoms with E-state index in [1.54, 1.807) is 11.8 Å². The summed E-state index contributed by atoms with van der Waals surface area (Å²) in [5.41, 5.74) is 0. The van der Waals surface area contributed by atoms with E-state index >= 15 is 0 Å². The number of nitrogens with one attached hydrogen (secondary N) is 1. The van der Waals surface area contributed by atoms with Gasteiger partial charge in [-0.1, -0.05) is 6.92 Å². The third-order valence-corrected chi connectivity index (χ3v) is 2.00. The number of carbonyl (C=O) groups is 1. The van der Waals surface area contributed by atoms with Crippen molar-refractivity contribution in [3.8, 4) is 0 Å². The Hall–Kier alpha value is -0.220. The highest BCUT2D eigenvalue weighted by Crippen LogP contribution is 1.97. The van der Waals surface area contributed by atoms with E-state index in [2.05, 4.69) is 12.2 Å².